The second-order valence-electron chi connectivity index (χ2n) is 4.42. The molecule has 0 radical (unpaired) electrons. The average molecular weight is 315 g/mol. The molecule has 0 spiro atoms. The van der Waals surface area contributed by atoms with Crippen LogP contribution in [0, 0.1) is 0 Å². The predicted octanol–water partition coefficient (Wildman–Crippen LogP) is 3.16. The first kappa shape index (κ1) is 15.5. The summed E-state index contributed by atoms with van der Waals surface area (Å²) < 4.78 is 6.27. The molecule has 1 aromatic rings. The van der Waals surface area contributed by atoms with Crippen LogP contribution in [-0.4, -0.2) is 26.3 Å². The molecule has 1 aromatic carbocycles. The summed E-state index contributed by atoms with van der Waals surface area (Å²) in [4.78, 5) is 2.37. The van der Waals surface area contributed by atoms with E-state index in [1.54, 1.807) is 7.11 Å². The fourth-order valence-electron chi connectivity index (χ4n) is 1.89. The van der Waals surface area contributed by atoms with Gasteiger partial charge in [-0.15, -0.1) is 0 Å². The van der Waals surface area contributed by atoms with Crippen LogP contribution in [0.2, 0.25) is 0 Å². The number of benzene rings is 1. The Morgan fingerprint density at radius 1 is 1.44 bits per heavy atom. The number of methoxy groups -OCH3 is 1. The van der Waals surface area contributed by atoms with Crippen molar-refractivity contribution in [2.75, 3.05) is 25.2 Å². The Morgan fingerprint density at radius 2 is 2.17 bits per heavy atom. The van der Waals surface area contributed by atoms with Crippen LogP contribution in [0.1, 0.15) is 25.8 Å². The summed E-state index contributed by atoms with van der Waals surface area (Å²) in [7, 11) is 1.74. The summed E-state index contributed by atoms with van der Waals surface area (Å²) >= 11 is 3.58. The molecule has 0 aromatic heterocycles. The lowest BCUT2D eigenvalue weighted by Gasteiger charge is -2.31. The minimum atomic E-state index is 0.496. The molecule has 0 aliphatic heterocycles. The van der Waals surface area contributed by atoms with Crippen LogP contribution >= 0.6 is 15.9 Å². The number of nitrogens with two attached hydrogens (primary N) is 1. The maximum absolute atomic E-state index is 5.68. The van der Waals surface area contributed by atoms with E-state index in [1.165, 1.54) is 5.69 Å². The number of rotatable bonds is 7. The highest BCUT2D eigenvalue weighted by atomic mass is 79.9. The molecule has 4 heteroatoms. The maximum atomic E-state index is 5.68. The zero-order valence-electron chi connectivity index (χ0n) is 11.4. The van der Waals surface area contributed by atoms with Gasteiger partial charge < -0.3 is 15.4 Å². The third-order valence-corrected chi connectivity index (χ3v) is 3.99. The van der Waals surface area contributed by atoms with Crippen LogP contribution in [0.15, 0.2) is 22.7 Å². The van der Waals surface area contributed by atoms with Crippen molar-refractivity contribution in [3.8, 4) is 0 Å². The highest BCUT2D eigenvalue weighted by Crippen LogP contribution is 2.25. The van der Waals surface area contributed by atoms with Gasteiger partial charge in [0.25, 0.3) is 0 Å². The van der Waals surface area contributed by atoms with Gasteiger partial charge in [0, 0.05) is 36.4 Å². The van der Waals surface area contributed by atoms with E-state index in [0.717, 1.165) is 29.6 Å². The van der Waals surface area contributed by atoms with E-state index in [9.17, 15) is 0 Å². The molecule has 0 saturated carbocycles. The topological polar surface area (TPSA) is 38.5 Å². The third-order valence-electron chi connectivity index (χ3n) is 3.25. The van der Waals surface area contributed by atoms with E-state index >= 15 is 0 Å². The van der Waals surface area contributed by atoms with Gasteiger partial charge in [-0.2, -0.15) is 0 Å². The van der Waals surface area contributed by atoms with Crippen molar-refractivity contribution in [3.05, 3.63) is 28.2 Å². The van der Waals surface area contributed by atoms with Crippen molar-refractivity contribution >= 4 is 21.6 Å². The van der Waals surface area contributed by atoms with Gasteiger partial charge in [-0.05, 0) is 31.0 Å². The van der Waals surface area contributed by atoms with Crippen LogP contribution in [0.5, 0.6) is 0 Å². The predicted molar refractivity (Wildman–Crippen MR) is 81.0 cm³/mol. The van der Waals surface area contributed by atoms with E-state index in [0.29, 0.717) is 12.6 Å². The molecule has 0 fully saturated rings. The fourth-order valence-corrected chi connectivity index (χ4v) is 2.42. The Hall–Kier alpha value is -0.580. The van der Waals surface area contributed by atoms with Crippen LogP contribution in [0.3, 0.4) is 0 Å². The van der Waals surface area contributed by atoms with Crippen LogP contribution in [-0.2, 0) is 11.3 Å². The molecule has 0 aliphatic carbocycles. The Labute approximate surface area is 118 Å². The van der Waals surface area contributed by atoms with Crippen molar-refractivity contribution < 1.29 is 4.74 Å². The average Bonchev–Trinajstić information content (AvgIpc) is 2.39. The zero-order valence-corrected chi connectivity index (χ0v) is 13.0. The third kappa shape index (κ3) is 3.97. The van der Waals surface area contributed by atoms with Crippen LogP contribution < -0.4 is 10.6 Å². The normalized spacial score (nSPS) is 12.5. The zero-order chi connectivity index (χ0) is 13.5. The van der Waals surface area contributed by atoms with Gasteiger partial charge in [-0.25, -0.2) is 0 Å². The summed E-state index contributed by atoms with van der Waals surface area (Å²) in [5, 5.41) is 0. The van der Waals surface area contributed by atoms with E-state index in [4.69, 9.17) is 10.5 Å². The Kier molecular flexibility index (Phi) is 6.68. The second kappa shape index (κ2) is 7.77. The van der Waals surface area contributed by atoms with Crippen molar-refractivity contribution in [2.45, 2.75) is 32.9 Å². The van der Waals surface area contributed by atoms with E-state index in [1.807, 2.05) is 0 Å². The van der Waals surface area contributed by atoms with Crippen LogP contribution in [0.4, 0.5) is 5.69 Å². The maximum Gasteiger partial charge on any atom is 0.0637 e. The van der Waals surface area contributed by atoms with Crippen molar-refractivity contribution in [1.82, 2.24) is 0 Å². The number of hydrogen-bond acceptors (Lipinski definition) is 3. The molecular weight excluding hydrogens is 292 g/mol. The Morgan fingerprint density at radius 3 is 2.67 bits per heavy atom. The Balaban J connectivity index is 2.93. The lowest BCUT2D eigenvalue weighted by atomic mass is 10.1. The molecular formula is C14H23BrN2O. The van der Waals surface area contributed by atoms with Crippen LogP contribution in [0.25, 0.3) is 0 Å². The van der Waals surface area contributed by atoms with Gasteiger partial charge in [-0.1, -0.05) is 28.9 Å². The van der Waals surface area contributed by atoms with Gasteiger partial charge in [0.15, 0.2) is 0 Å². The first-order valence-electron chi connectivity index (χ1n) is 6.38. The molecule has 18 heavy (non-hydrogen) atoms. The monoisotopic (exact) mass is 314 g/mol. The fraction of sp³-hybridized carbons (Fsp3) is 0.571. The summed E-state index contributed by atoms with van der Waals surface area (Å²) in [5.74, 6) is 0. The lowest BCUT2D eigenvalue weighted by Crippen LogP contribution is -2.35. The molecule has 0 heterocycles. The number of anilines is 1. The second-order valence-corrected chi connectivity index (χ2v) is 5.28. The van der Waals surface area contributed by atoms with Gasteiger partial charge in [-0.3, -0.25) is 0 Å². The molecule has 1 rings (SSSR count). The molecule has 1 atom stereocenters. The van der Waals surface area contributed by atoms with Crippen molar-refractivity contribution in [3.63, 3.8) is 0 Å². The number of hydrogen-bond donors (Lipinski definition) is 1. The molecule has 0 aliphatic rings. The summed E-state index contributed by atoms with van der Waals surface area (Å²) in [5.41, 5.74) is 8.03. The smallest absolute Gasteiger partial charge is 0.0637 e. The van der Waals surface area contributed by atoms with Gasteiger partial charge >= 0.3 is 0 Å². The first-order valence-corrected chi connectivity index (χ1v) is 7.17. The SMILES string of the molecule is CCC(C)N(CCOC)c1ccc(CN)c(Br)c1. The number of nitrogens with zero attached hydrogens (tertiary/aromatic N) is 1. The molecule has 0 saturated heterocycles. The first-order chi connectivity index (χ1) is 8.63. The Bertz CT molecular complexity index is 371. The minimum absolute atomic E-state index is 0.496. The van der Waals surface area contributed by atoms with Gasteiger partial charge in [0.05, 0.1) is 6.61 Å². The quantitative estimate of drug-likeness (QED) is 0.840. The minimum Gasteiger partial charge on any atom is -0.383 e. The van der Waals surface area contributed by atoms with Gasteiger partial charge in [0.2, 0.25) is 0 Å². The molecule has 0 bridgehead atoms. The molecule has 3 nitrogen and oxygen atoms in total. The molecule has 2 N–H and O–H groups in total. The van der Waals surface area contributed by atoms with Crippen molar-refractivity contribution in [1.29, 1.82) is 0 Å². The molecule has 1 unspecified atom stereocenters. The van der Waals surface area contributed by atoms with E-state index < -0.39 is 0 Å². The summed E-state index contributed by atoms with van der Waals surface area (Å²) in [6.45, 7) is 6.64. The number of halogens is 1. The summed E-state index contributed by atoms with van der Waals surface area (Å²) in [6, 6.07) is 6.86. The standard InChI is InChI=1S/C14H23BrN2O/c1-4-11(2)17(7-8-18-3)13-6-5-12(10-16)14(15)9-13/h5-6,9,11H,4,7-8,10,16H2,1-3H3. The number of ether oxygens (including phenoxy) is 1. The van der Waals surface area contributed by atoms with Crippen molar-refractivity contribution in [2.24, 2.45) is 5.73 Å². The highest BCUT2D eigenvalue weighted by molar-refractivity contribution is 9.10. The van der Waals surface area contributed by atoms with E-state index in [2.05, 4.69) is 52.9 Å². The molecule has 102 valence electrons. The lowest BCUT2D eigenvalue weighted by molar-refractivity contribution is 0.203. The van der Waals surface area contributed by atoms with Gasteiger partial charge in [0.1, 0.15) is 0 Å². The summed E-state index contributed by atoms with van der Waals surface area (Å²) in [6.07, 6.45) is 1.11. The van der Waals surface area contributed by atoms with E-state index in [-0.39, 0.29) is 0 Å². The molecule has 0 amide bonds. The largest absolute Gasteiger partial charge is 0.383 e. The highest BCUT2D eigenvalue weighted by Gasteiger charge is 2.13.